The van der Waals surface area contributed by atoms with E-state index in [2.05, 4.69) is 32.2 Å². The van der Waals surface area contributed by atoms with Crippen LogP contribution in [0.3, 0.4) is 0 Å². The second kappa shape index (κ2) is 8.35. The van der Waals surface area contributed by atoms with Crippen molar-refractivity contribution in [2.75, 3.05) is 31.5 Å². The molecule has 2 aromatic rings. The molecule has 0 radical (unpaired) electrons. The molecule has 3 rings (SSSR count). The summed E-state index contributed by atoms with van der Waals surface area (Å²) in [5.74, 6) is 0. The molecule has 1 saturated heterocycles. The summed E-state index contributed by atoms with van der Waals surface area (Å²) in [7, 11) is 0. The molecule has 134 valence electrons. The Kier molecular flexibility index (Phi) is 5.92. The SMILES string of the molecule is Cc1ccc(NC(=O)N2CCN(Cc3ccc(C#N)cc3)CC2)c(Br)c1. The monoisotopic (exact) mass is 412 g/mol. The van der Waals surface area contributed by atoms with Crippen molar-refractivity contribution in [1.29, 1.82) is 5.26 Å². The van der Waals surface area contributed by atoms with Gasteiger partial charge in [-0.15, -0.1) is 0 Å². The van der Waals surface area contributed by atoms with Crippen LogP contribution in [-0.2, 0) is 6.54 Å². The highest BCUT2D eigenvalue weighted by Crippen LogP contribution is 2.23. The second-order valence-electron chi connectivity index (χ2n) is 6.49. The lowest BCUT2D eigenvalue weighted by atomic mass is 10.1. The van der Waals surface area contributed by atoms with Crippen LogP contribution in [0.25, 0.3) is 0 Å². The standard InChI is InChI=1S/C20H21BrN4O/c1-15-2-7-19(18(21)12-15)23-20(26)25-10-8-24(9-11-25)14-17-5-3-16(13-22)4-6-17/h2-7,12H,8-11,14H2,1H3,(H,23,26). The van der Waals surface area contributed by atoms with E-state index in [1.54, 1.807) is 0 Å². The molecule has 2 amide bonds. The molecule has 2 aromatic carbocycles. The first-order chi connectivity index (χ1) is 12.5. The summed E-state index contributed by atoms with van der Waals surface area (Å²) in [6.45, 7) is 5.93. The van der Waals surface area contributed by atoms with Crippen molar-refractivity contribution in [2.24, 2.45) is 0 Å². The van der Waals surface area contributed by atoms with Gasteiger partial charge in [-0.25, -0.2) is 4.79 Å². The van der Waals surface area contributed by atoms with Crippen LogP contribution >= 0.6 is 15.9 Å². The molecule has 0 spiro atoms. The number of carbonyl (C=O) groups excluding carboxylic acids is 1. The molecular formula is C20H21BrN4O. The number of nitrogens with zero attached hydrogens (tertiary/aromatic N) is 3. The number of aryl methyl sites for hydroxylation is 1. The summed E-state index contributed by atoms with van der Waals surface area (Å²) < 4.78 is 0.894. The van der Waals surface area contributed by atoms with Gasteiger partial charge in [-0.2, -0.15) is 5.26 Å². The van der Waals surface area contributed by atoms with Gasteiger partial charge in [0, 0.05) is 37.2 Å². The van der Waals surface area contributed by atoms with Crippen molar-refractivity contribution >= 4 is 27.6 Å². The third-order valence-electron chi connectivity index (χ3n) is 4.51. The molecular weight excluding hydrogens is 392 g/mol. The number of amides is 2. The van der Waals surface area contributed by atoms with Crippen LogP contribution in [0, 0.1) is 18.3 Å². The predicted molar refractivity (Wildman–Crippen MR) is 106 cm³/mol. The molecule has 1 fully saturated rings. The summed E-state index contributed by atoms with van der Waals surface area (Å²) in [5, 5.41) is 11.8. The summed E-state index contributed by atoms with van der Waals surface area (Å²) >= 11 is 3.49. The number of hydrogen-bond acceptors (Lipinski definition) is 3. The Morgan fingerprint density at radius 3 is 2.46 bits per heavy atom. The van der Waals surface area contributed by atoms with Gasteiger partial charge in [0.25, 0.3) is 0 Å². The zero-order chi connectivity index (χ0) is 18.5. The molecule has 6 heteroatoms. The van der Waals surface area contributed by atoms with Gasteiger partial charge in [-0.05, 0) is 58.2 Å². The van der Waals surface area contributed by atoms with Crippen molar-refractivity contribution in [3.63, 3.8) is 0 Å². The Morgan fingerprint density at radius 1 is 1.15 bits per heavy atom. The Labute approximate surface area is 162 Å². The molecule has 0 aliphatic carbocycles. The number of hydrogen-bond donors (Lipinski definition) is 1. The number of urea groups is 1. The normalized spacial score (nSPS) is 14.7. The number of anilines is 1. The van der Waals surface area contributed by atoms with E-state index in [0.717, 1.165) is 35.4 Å². The average molecular weight is 413 g/mol. The maximum atomic E-state index is 12.5. The molecule has 1 N–H and O–H groups in total. The van der Waals surface area contributed by atoms with Gasteiger partial charge in [-0.1, -0.05) is 18.2 Å². The third kappa shape index (κ3) is 4.63. The largest absolute Gasteiger partial charge is 0.322 e. The number of nitrogens with one attached hydrogen (secondary N) is 1. The molecule has 5 nitrogen and oxygen atoms in total. The van der Waals surface area contributed by atoms with Gasteiger partial charge in [-0.3, -0.25) is 4.90 Å². The second-order valence-corrected chi connectivity index (χ2v) is 7.34. The van der Waals surface area contributed by atoms with Gasteiger partial charge in [0.15, 0.2) is 0 Å². The van der Waals surface area contributed by atoms with E-state index in [1.807, 2.05) is 54.3 Å². The van der Waals surface area contributed by atoms with Crippen molar-refractivity contribution < 1.29 is 4.79 Å². The lowest BCUT2D eigenvalue weighted by Crippen LogP contribution is -2.49. The molecule has 0 aromatic heterocycles. The quantitative estimate of drug-likeness (QED) is 0.828. The topological polar surface area (TPSA) is 59.4 Å². The summed E-state index contributed by atoms with van der Waals surface area (Å²) in [6, 6.07) is 15.6. The first-order valence-corrected chi connectivity index (χ1v) is 9.38. The first-order valence-electron chi connectivity index (χ1n) is 8.58. The van der Waals surface area contributed by atoms with E-state index in [9.17, 15) is 4.79 Å². The van der Waals surface area contributed by atoms with Crippen LogP contribution in [0.5, 0.6) is 0 Å². The van der Waals surface area contributed by atoms with Gasteiger partial charge in [0.2, 0.25) is 0 Å². The lowest BCUT2D eigenvalue weighted by molar-refractivity contribution is 0.143. The zero-order valence-electron chi connectivity index (χ0n) is 14.7. The van der Waals surface area contributed by atoms with Crippen LogP contribution in [-0.4, -0.2) is 42.0 Å². The average Bonchev–Trinajstić information content (AvgIpc) is 2.65. The molecule has 0 unspecified atom stereocenters. The number of piperazine rings is 1. The Bertz CT molecular complexity index is 821. The highest BCUT2D eigenvalue weighted by atomic mass is 79.9. The molecule has 1 heterocycles. The van der Waals surface area contributed by atoms with Gasteiger partial charge < -0.3 is 10.2 Å². The molecule has 1 aliphatic rings. The minimum absolute atomic E-state index is 0.0624. The summed E-state index contributed by atoms with van der Waals surface area (Å²) in [5.41, 5.74) is 3.80. The van der Waals surface area contributed by atoms with Crippen molar-refractivity contribution in [1.82, 2.24) is 9.80 Å². The predicted octanol–water partition coefficient (Wildman–Crippen LogP) is 3.98. The maximum Gasteiger partial charge on any atom is 0.321 e. The smallest absolute Gasteiger partial charge is 0.321 e. The number of halogens is 1. The molecule has 26 heavy (non-hydrogen) atoms. The number of rotatable bonds is 3. The minimum atomic E-state index is -0.0624. The fourth-order valence-corrected chi connectivity index (χ4v) is 3.56. The Hall–Kier alpha value is -2.36. The highest BCUT2D eigenvalue weighted by molar-refractivity contribution is 9.10. The Balaban J connectivity index is 1.51. The van der Waals surface area contributed by atoms with Gasteiger partial charge in [0.05, 0.1) is 17.3 Å². The van der Waals surface area contributed by atoms with Gasteiger partial charge >= 0.3 is 6.03 Å². The van der Waals surface area contributed by atoms with E-state index in [1.165, 1.54) is 5.56 Å². The fraction of sp³-hybridized carbons (Fsp3) is 0.300. The van der Waals surface area contributed by atoms with Crippen molar-refractivity contribution in [3.8, 4) is 6.07 Å². The van der Waals surface area contributed by atoms with Crippen LogP contribution in [0.4, 0.5) is 10.5 Å². The molecule has 1 aliphatic heterocycles. The van der Waals surface area contributed by atoms with Gasteiger partial charge in [0.1, 0.15) is 0 Å². The molecule has 0 bridgehead atoms. The Morgan fingerprint density at radius 2 is 1.85 bits per heavy atom. The fourth-order valence-electron chi connectivity index (χ4n) is 2.97. The van der Waals surface area contributed by atoms with E-state index >= 15 is 0 Å². The van der Waals surface area contributed by atoms with Crippen LogP contribution in [0.15, 0.2) is 46.9 Å². The third-order valence-corrected chi connectivity index (χ3v) is 5.17. The highest BCUT2D eigenvalue weighted by Gasteiger charge is 2.21. The van der Waals surface area contributed by atoms with Crippen molar-refractivity contribution in [2.45, 2.75) is 13.5 Å². The summed E-state index contributed by atoms with van der Waals surface area (Å²) in [4.78, 5) is 16.7. The first kappa shape index (κ1) is 18.4. The van der Waals surface area contributed by atoms with E-state index in [-0.39, 0.29) is 6.03 Å². The van der Waals surface area contributed by atoms with E-state index < -0.39 is 0 Å². The molecule has 0 saturated carbocycles. The van der Waals surface area contributed by atoms with Crippen molar-refractivity contribution in [3.05, 3.63) is 63.6 Å². The minimum Gasteiger partial charge on any atom is -0.322 e. The van der Waals surface area contributed by atoms with Crippen LogP contribution in [0.2, 0.25) is 0 Å². The van der Waals surface area contributed by atoms with Crippen LogP contribution in [0.1, 0.15) is 16.7 Å². The number of carbonyl (C=O) groups is 1. The van der Waals surface area contributed by atoms with E-state index in [4.69, 9.17) is 5.26 Å². The number of nitriles is 1. The van der Waals surface area contributed by atoms with Crippen LogP contribution < -0.4 is 5.32 Å². The summed E-state index contributed by atoms with van der Waals surface area (Å²) in [6.07, 6.45) is 0. The zero-order valence-corrected chi connectivity index (χ0v) is 16.3. The van der Waals surface area contributed by atoms with E-state index in [0.29, 0.717) is 18.7 Å². The maximum absolute atomic E-state index is 12.5. The lowest BCUT2D eigenvalue weighted by Gasteiger charge is -2.34. The number of benzene rings is 2. The molecule has 0 atom stereocenters.